The van der Waals surface area contributed by atoms with Crippen molar-refractivity contribution in [2.24, 2.45) is 5.41 Å². The number of halogens is 1. The lowest BCUT2D eigenvalue weighted by Crippen LogP contribution is -2.47. The standard InChI is InChI=1S/C19H30N2O3.ClH/c1-18(2,14-6-7-15(23-4)16(12-14)24-5)17(22)21-13-19(3)8-10-20-11-9-19;/h6-7,12,20H,8-11,13H2,1-5H3,(H,21,22);1H. The number of benzene rings is 1. The molecule has 1 saturated heterocycles. The predicted molar refractivity (Wildman–Crippen MR) is 103 cm³/mol. The first-order valence-electron chi connectivity index (χ1n) is 8.54. The average Bonchev–Trinajstić information content (AvgIpc) is 2.59. The highest BCUT2D eigenvalue weighted by atomic mass is 35.5. The maximum Gasteiger partial charge on any atom is 0.230 e. The van der Waals surface area contributed by atoms with Gasteiger partial charge < -0.3 is 20.1 Å². The topological polar surface area (TPSA) is 59.6 Å². The van der Waals surface area contributed by atoms with Crippen molar-refractivity contribution in [1.29, 1.82) is 0 Å². The summed E-state index contributed by atoms with van der Waals surface area (Å²) in [6.07, 6.45) is 2.17. The number of carbonyl (C=O) groups excluding carboxylic acids is 1. The third-order valence-corrected chi connectivity index (χ3v) is 5.16. The van der Waals surface area contributed by atoms with Crippen molar-refractivity contribution < 1.29 is 14.3 Å². The number of methoxy groups -OCH3 is 2. The van der Waals surface area contributed by atoms with Gasteiger partial charge in [-0.25, -0.2) is 0 Å². The minimum absolute atomic E-state index is 0. The summed E-state index contributed by atoms with van der Waals surface area (Å²) in [7, 11) is 3.21. The highest BCUT2D eigenvalue weighted by Gasteiger charge is 2.33. The fourth-order valence-electron chi connectivity index (χ4n) is 3.08. The zero-order chi connectivity index (χ0) is 17.8. The minimum Gasteiger partial charge on any atom is -0.493 e. The Morgan fingerprint density at radius 3 is 2.36 bits per heavy atom. The number of hydrogen-bond acceptors (Lipinski definition) is 4. The lowest BCUT2D eigenvalue weighted by molar-refractivity contribution is -0.126. The molecule has 1 aliphatic rings. The smallest absolute Gasteiger partial charge is 0.230 e. The summed E-state index contributed by atoms with van der Waals surface area (Å²) in [5, 5.41) is 6.53. The molecule has 0 spiro atoms. The molecule has 1 amide bonds. The second kappa shape index (κ2) is 8.77. The van der Waals surface area contributed by atoms with Crippen LogP contribution in [-0.2, 0) is 10.2 Å². The molecule has 25 heavy (non-hydrogen) atoms. The minimum atomic E-state index is -0.636. The van der Waals surface area contributed by atoms with Gasteiger partial charge in [-0.1, -0.05) is 13.0 Å². The molecule has 2 N–H and O–H groups in total. The summed E-state index contributed by atoms with van der Waals surface area (Å²) >= 11 is 0. The van der Waals surface area contributed by atoms with Crippen molar-refractivity contribution in [3.8, 4) is 11.5 Å². The van der Waals surface area contributed by atoms with E-state index in [2.05, 4.69) is 17.6 Å². The molecule has 0 unspecified atom stereocenters. The van der Waals surface area contributed by atoms with Gasteiger partial charge in [-0.2, -0.15) is 0 Å². The van der Waals surface area contributed by atoms with Crippen LogP contribution in [0.1, 0.15) is 39.2 Å². The molecular weight excluding hydrogens is 340 g/mol. The van der Waals surface area contributed by atoms with Crippen LogP contribution in [0.5, 0.6) is 11.5 Å². The van der Waals surface area contributed by atoms with Gasteiger partial charge in [0.15, 0.2) is 11.5 Å². The van der Waals surface area contributed by atoms with Crippen LogP contribution < -0.4 is 20.1 Å². The summed E-state index contributed by atoms with van der Waals surface area (Å²) in [5.41, 5.74) is 0.449. The van der Waals surface area contributed by atoms with E-state index in [-0.39, 0.29) is 23.7 Å². The summed E-state index contributed by atoms with van der Waals surface area (Å²) in [5.74, 6) is 1.34. The normalized spacial score (nSPS) is 16.5. The van der Waals surface area contributed by atoms with Gasteiger partial charge >= 0.3 is 0 Å². The molecule has 2 rings (SSSR count). The van der Waals surface area contributed by atoms with E-state index in [1.54, 1.807) is 14.2 Å². The van der Waals surface area contributed by atoms with E-state index in [4.69, 9.17) is 9.47 Å². The molecule has 0 saturated carbocycles. The Morgan fingerprint density at radius 2 is 1.80 bits per heavy atom. The van der Waals surface area contributed by atoms with Crippen LogP contribution in [0.15, 0.2) is 18.2 Å². The van der Waals surface area contributed by atoms with Crippen LogP contribution >= 0.6 is 12.4 Å². The van der Waals surface area contributed by atoms with E-state index >= 15 is 0 Å². The fraction of sp³-hybridized carbons (Fsp3) is 0.632. The van der Waals surface area contributed by atoms with E-state index in [9.17, 15) is 4.79 Å². The lowest BCUT2D eigenvalue weighted by atomic mass is 9.79. The molecule has 1 aliphatic heterocycles. The number of ether oxygens (including phenoxy) is 2. The van der Waals surface area contributed by atoms with Gasteiger partial charge in [0, 0.05) is 6.54 Å². The van der Waals surface area contributed by atoms with Crippen molar-refractivity contribution in [2.45, 2.75) is 39.0 Å². The second-order valence-electron chi connectivity index (χ2n) is 7.44. The number of piperidine rings is 1. The highest BCUT2D eigenvalue weighted by molar-refractivity contribution is 5.87. The van der Waals surface area contributed by atoms with Gasteiger partial charge in [-0.15, -0.1) is 12.4 Å². The number of amides is 1. The third kappa shape index (κ3) is 5.02. The summed E-state index contributed by atoms with van der Waals surface area (Å²) in [4.78, 5) is 12.8. The maximum absolute atomic E-state index is 12.8. The first-order valence-corrected chi connectivity index (χ1v) is 8.54. The first kappa shape index (κ1) is 21.6. The van der Waals surface area contributed by atoms with Crippen molar-refractivity contribution >= 4 is 18.3 Å². The number of carbonyl (C=O) groups is 1. The summed E-state index contributed by atoms with van der Waals surface area (Å²) in [6.45, 7) is 8.88. The Bertz CT molecular complexity index is 584. The van der Waals surface area contributed by atoms with Gasteiger partial charge in [-0.3, -0.25) is 4.79 Å². The number of nitrogens with one attached hydrogen (secondary N) is 2. The zero-order valence-electron chi connectivity index (χ0n) is 15.9. The quantitative estimate of drug-likeness (QED) is 0.808. The zero-order valence-corrected chi connectivity index (χ0v) is 16.7. The molecule has 1 aromatic rings. The fourth-order valence-corrected chi connectivity index (χ4v) is 3.08. The third-order valence-electron chi connectivity index (χ3n) is 5.16. The van der Waals surface area contributed by atoms with E-state index in [0.29, 0.717) is 18.0 Å². The molecule has 0 aromatic heterocycles. The van der Waals surface area contributed by atoms with Crippen molar-refractivity contribution in [1.82, 2.24) is 10.6 Å². The molecule has 6 heteroatoms. The largest absolute Gasteiger partial charge is 0.493 e. The molecule has 0 radical (unpaired) electrons. The molecule has 1 aromatic carbocycles. The van der Waals surface area contributed by atoms with Crippen LogP contribution in [0.25, 0.3) is 0 Å². The van der Waals surface area contributed by atoms with Gasteiger partial charge in [0.25, 0.3) is 0 Å². The average molecular weight is 371 g/mol. The van der Waals surface area contributed by atoms with Crippen LogP contribution in [0.4, 0.5) is 0 Å². The second-order valence-corrected chi connectivity index (χ2v) is 7.44. The van der Waals surface area contributed by atoms with Gasteiger partial charge in [0.2, 0.25) is 5.91 Å². The molecule has 5 nitrogen and oxygen atoms in total. The molecule has 142 valence electrons. The SMILES string of the molecule is COc1ccc(C(C)(C)C(=O)NCC2(C)CCNCC2)cc1OC.Cl. The van der Waals surface area contributed by atoms with Gasteiger partial charge in [0.1, 0.15) is 0 Å². The predicted octanol–water partition coefficient (Wildman–Crippen LogP) is 2.91. The molecule has 1 fully saturated rings. The summed E-state index contributed by atoms with van der Waals surface area (Å²) in [6, 6.07) is 5.65. The summed E-state index contributed by atoms with van der Waals surface area (Å²) < 4.78 is 10.6. The Kier molecular flexibility index (Phi) is 7.57. The molecule has 0 atom stereocenters. The van der Waals surface area contributed by atoms with Gasteiger partial charge in [0.05, 0.1) is 19.6 Å². The number of rotatable bonds is 6. The van der Waals surface area contributed by atoms with Crippen molar-refractivity contribution in [3.05, 3.63) is 23.8 Å². The Balaban J connectivity index is 0.00000312. The number of hydrogen-bond donors (Lipinski definition) is 2. The van der Waals surface area contributed by atoms with Crippen LogP contribution in [0.3, 0.4) is 0 Å². The van der Waals surface area contributed by atoms with Crippen LogP contribution in [0, 0.1) is 5.41 Å². The lowest BCUT2D eigenvalue weighted by Gasteiger charge is -2.35. The van der Waals surface area contributed by atoms with E-state index in [1.165, 1.54) is 0 Å². The van der Waals surface area contributed by atoms with E-state index in [1.807, 2.05) is 32.0 Å². The van der Waals surface area contributed by atoms with Crippen molar-refractivity contribution in [2.75, 3.05) is 33.9 Å². The highest BCUT2D eigenvalue weighted by Crippen LogP contribution is 2.34. The Hall–Kier alpha value is -1.46. The van der Waals surface area contributed by atoms with Crippen molar-refractivity contribution in [3.63, 3.8) is 0 Å². The van der Waals surface area contributed by atoms with Crippen LogP contribution in [0.2, 0.25) is 0 Å². The molecule has 1 heterocycles. The monoisotopic (exact) mass is 370 g/mol. The Labute approximate surface area is 157 Å². The van der Waals surface area contributed by atoms with Gasteiger partial charge in [-0.05, 0) is 62.9 Å². The maximum atomic E-state index is 12.8. The van der Waals surface area contributed by atoms with E-state index in [0.717, 1.165) is 31.5 Å². The molecule has 0 bridgehead atoms. The van der Waals surface area contributed by atoms with E-state index < -0.39 is 5.41 Å². The molecular formula is C19H31ClN2O3. The van der Waals surface area contributed by atoms with Crippen LogP contribution in [-0.4, -0.2) is 39.8 Å². The first-order chi connectivity index (χ1) is 11.3. The Morgan fingerprint density at radius 1 is 1.20 bits per heavy atom. The molecule has 0 aliphatic carbocycles.